The molecular formula is C46H50N4O. The number of benzene rings is 4. The molecular weight excluding hydrogens is 625 g/mol. The second kappa shape index (κ2) is 14.2. The Kier molecular flexibility index (Phi) is 9.56. The van der Waals surface area contributed by atoms with Crippen LogP contribution in [0.15, 0.2) is 103 Å². The Balaban J connectivity index is 1.28. The lowest BCUT2D eigenvalue weighted by Gasteiger charge is -2.17. The van der Waals surface area contributed by atoms with Crippen LogP contribution in [0.4, 0.5) is 0 Å². The van der Waals surface area contributed by atoms with E-state index in [9.17, 15) is 0 Å². The number of aryl methyl sites for hydroxylation is 4. The second-order valence-electron chi connectivity index (χ2n) is 15.3. The van der Waals surface area contributed by atoms with Crippen molar-refractivity contribution in [3.63, 3.8) is 0 Å². The molecule has 7 rings (SSSR count). The molecule has 0 aliphatic rings. The molecule has 0 N–H and O–H groups in total. The predicted molar refractivity (Wildman–Crippen MR) is 213 cm³/mol. The van der Waals surface area contributed by atoms with E-state index in [0.717, 1.165) is 64.7 Å². The molecule has 3 heterocycles. The van der Waals surface area contributed by atoms with Gasteiger partial charge < -0.3 is 4.74 Å². The van der Waals surface area contributed by atoms with Crippen molar-refractivity contribution in [2.45, 2.75) is 87.0 Å². The van der Waals surface area contributed by atoms with E-state index in [1.807, 2.05) is 12.3 Å². The molecule has 0 saturated heterocycles. The highest BCUT2D eigenvalue weighted by atomic mass is 16.5. The highest BCUT2D eigenvalue weighted by Gasteiger charge is 2.18. The fourth-order valence-electron chi connectivity index (χ4n) is 7.45. The third-order valence-corrected chi connectivity index (χ3v) is 9.90. The number of rotatable bonds is 11. The van der Waals surface area contributed by atoms with Gasteiger partial charge in [-0.05, 0) is 123 Å². The Morgan fingerprint density at radius 1 is 0.706 bits per heavy atom. The zero-order chi connectivity index (χ0) is 35.7. The van der Waals surface area contributed by atoms with E-state index in [1.165, 1.54) is 57.9 Å². The van der Waals surface area contributed by atoms with Gasteiger partial charge in [-0.15, -0.1) is 0 Å². The molecule has 260 valence electrons. The molecule has 0 bridgehead atoms. The van der Waals surface area contributed by atoms with Crippen LogP contribution in [0.25, 0.3) is 44.4 Å². The third-order valence-electron chi connectivity index (χ3n) is 9.90. The van der Waals surface area contributed by atoms with Crippen LogP contribution < -0.4 is 4.74 Å². The van der Waals surface area contributed by atoms with E-state index in [0.29, 0.717) is 5.41 Å². The number of ether oxygens (including phenoxy) is 1. The van der Waals surface area contributed by atoms with E-state index in [-0.39, 0.29) is 0 Å². The SMILES string of the molecule is CCCc1cc(Oc2ccc3c4cc(CCCCC(C)(C)C)ccc4n(-c4cc(C)ccn4)c3c2)cc(-n2nc(C)c(-c3ccccc3)c2C)c1. The minimum atomic E-state index is 0.375. The van der Waals surface area contributed by atoms with Crippen molar-refractivity contribution >= 4 is 21.8 Å². The van der Waals surface area contributed by atoms with E-state index in [4.69, 9.17) is 14.8 Å². The second-order valence-corrected chi connectivity index (χ2v) is 15.3. The van der Waals surface area contributed by atoms with Crippen molar-refractivity contribution in [2.75, 3.05) is 0 Å². The lowest BCUT2D eigenvalue weighted by Crippen LogP contribution is -2.04. The minimum absolute atomic E-state index is 0.375. The standard InChI is InChI=1S/C46H50N4O/c1-8-14-35-26-37(50-33(4)45(32(3)48-50)36-16-10-9-11-17-36)29-39(27-35)51-38-19-20-40-41-28-34(15-12-13-23-46(5,6)7)18-21-42(41)49(43(40)30-38)44-25-31(2)22-24-47-44/h9-11,16-22,24-30H,8,12-15,23H2,1-7H3. The largest absolute Gasteiger partial charge is 0.457 e. The summed E-state index contributed by atoms with van der Waals surface area (Å²) in [6.45, 7) is 15.6. The molecule has 7 aromatic rings. The molecule has 5 nitrogen and oxygen atoms in total. The molecule has 0 fully saturated rings. The summed E-state index contributed by atoms with van der Waals surface area (Å²) in [6, 6.07) is 34.7. The first-order chi connectivity index (χ1) is 24.6. The first-order valence-electron chi connectivity index (χ1n) is 18.5. The summed E-state index contributed by atoms with van der Waals surface area (Å²) < 4.78 is 11.1. The average Bonchev–Trinajstić information content (AvgIpc) is 3.58. The molecule has 0 aliphatic carbocycles. The van der Waals surface area contributed by atoms with Crippen LogP contribution in [0.2, 0.25) is 0 Å². The first-order valence-corrected chi connectivity index (χ1v) is 18.5. The number of unbranched alkanes of at least 4 members (excludes halogenated alkanes) is 1. The Morgan fingerprint density at radius 2 is 1.53 bits per heavy atom. The molecule has 0 aliphatic heterocycles. The van der Waals surface area contributed by atoms with Gasteiger partial charge >= 0.3 is 0 Å². The Bertz CT molecular complexity index is 2320. The van der Waals surface area contributed by atoms with Crippen molar-refractivity contribution < 1.29 is 4.74 Å². The van der Waals surface area contributed by atoms with E-state index >= 15 is 0 Å². The lowest BCUT2D eigenvalue weighted by molar-refractivity contribution is 0.360. The summed E-state index contributed by atoms with van der Waals surface area (Å²) >= 11 is 0. The maximum atomic E-state index is 6.75. The Morgan fingerprint density at radius 3 is 2.29 bits per heavy atom. The van der Waals surface area contributed by atoms with Crippen LogP contribution in [0.3, 0.4) is 0 Å². The fourth-order valence-corrected chi connectivity index (χ4v) is 7.45. The lowest BCUT2D eigenvalue weighted by atomic mass is 9.89. The number of hydrogen-bond acceptors (Lipinski definition) is 3. The van der Waals surface area contributed by atoms with Gasteiger partial charge in [0, 0.05) is 40.4 Å². The number of fused-ring (bicyclic) bond motifs is 3. The smallest absolute Gasteiger partial charge is 0.137 e. The quantitative estimate of drug-likeness (QED) is 0.128. The topological polar surface area (TPSA) is 44.9 Å². The van der Waals surface area contributed by atoms with E-state index < -0.39 is 0 Å². The summed E-state index contributed by atoms with van der Waals surface area (Å²) in [4.78, 5) is 4.83. The van der Waals surface area contributed by atoms with Crippen LogP contribution >= 0.6 is 0 Å². The molecule has 0 unspecified atom stereocenters. The first kappa shape index (κ1) is 34.3. The molecule has 0 amide bonds. The normalized spacial score (nSPS) is 11.9. The van der Waals surface area contributed by atoms with E-state index in [2.05, 4.69) is 149 Å². The van der Waals surface area contributed by atoms with E-state index in [1.54, 1.807) is 0 Å². The molecule has 4 aromatic carbocycles. The zero-order valence-corrected chi connectivity index (χ0v) is 31.3. The Hall–Kier alpha value is -5.16. The van der Waals surface area contributed by atoms with Gasteiger partial charge in [-0.3, -0.25) is 4.57 Å². The van der Waals surface area contributed by atoms with Gasteiger partial charge in [0.25, 0.3) is 0 Å². The summed E-state index contributed by atoms with van der Waals surface area (Å²) in [5, 5.41) is 7.47. The molecule has 51 heavy (non-hydrogen) atoms. The maximum absolute atomic E-state index is 6.75. The van der Waals surface area contributed by atoms with Gasteiger partial charge in [-0.25, -0.2) is 9.67 Å². The monoisotopic (exact) mass is 674 g/mol. The van der Waals surface area contributed by atoms with Crippen molar-refractivity contribution in [3.8, 4) is 34.1 Å². The molecule has 0 atom stereocenters. The predicted octanol–water partition coefficient (Wildman–Crippen LogP) is 12.5. The van der Waals surface area contributed by atoms with Crippen LogP contribution in [0.5, 0.6) is 11.5 Å². The van der Waals surface area contributed by atoms with Gasteiger partial charge in [-0.1, -0.05) is 76.9 Å². The summed E-state index contributed by atoms with van der Waals surface area (Å²) in [7, 11) is 0. The average molecular weight is 675 g/mol. The minimum Gasteiger partial charge on any atom is -0.457 e. The van der Waals surface area contributed by atoms with Gasteiger partial charge in [0.15, 0.2) is 0 Å². The maximum Gasteiger partial charge on any atom is 0.137 e. The zero-order valence-electron chi connectivity index (χ0n) is 31.3. The van der Waals surface area contributed by atoms with Gasteiger partial charge in [-0.2, -0.15) is 5.10 Å². The summed E-state index contributed by atoms with van der Waals surface area (Å²) in [5.41, 5.74) is 11.9. The van der Waals surface area contributed by atoms with Crippen LogP contribution in [0, 0.1) is 26.2 Å². The van der Waals surface area contributed by atoms with Crippen molar-refractivity contribution in [3.05, 3.63) is 131 Å². The van der Waals surface area contributed by atoms with Gasteiger partial charge in [0.1, 0.15) is 17.3 Å². The molecule has 3 aromatic heterocycles. The van der Waals surface area contributed by atoms with Crippen LogP contribution in [-0.4, -0.2) is 19.3 Å². The molecule has 0 saturated carbocycles. The number of aromatic nitrogens is 4. The Labute approximate surface area is 302 Å². The van der Waals surface area contributed by atoms with Crippen molar-refractivity contribution in [1.29, 1.82) is 0 Å². The summed E-state index contributed by atoms with van der Waals surface area (Å²) in [6.07, 6.45) is 8.67. The van der Waals surface area contributed by atoms with Crippen LogP contribution in [0.1, 0.15) is 81.5 Å². The van der Waals surface area contributed by atoms with Crippen molar-refractivity contribution in [2.24, 2.45) is 5.41 Å². The van der Waals surface area contributed by atoms with Gasteiger partial charge in [0.05, 0.1) is 22.4 Å². The highest BCUT2D eigenvalue weighted by Crippen LogP contribution is 2.37. The van der Waals surface area contributed by atoms with Crippen LogP contribution in [-0.2, 0) is 12.8 Å². The van der Waals surface area contributed by atoms with Gasteiger partial charge in [0.2, 0.25) is 0 Å². The number of nitrogens with zero attached hydrogens (tertiary/aromatic N) is 4. The number of hydrogen-bond donors (Lipinski definition) is 0. The number of pyridine rings is 1. The fraction of sp³-hybridized carbons (Fsp3) is 0.304. The molecule has 0 spiro atoms. The van der Waals surface area contributed by atoms with Crippen molar-refractivity contribution in [1.82, 2.24) is 19.3 Å². The summed E-state index contributed by atoms with van der Waals surface area (Å²) in [5.74, 6) is 2.51. The third kappa shape index (κ3) is 7.35. The highest BCUT2D eigenvalue weighted by molar-refractivity contribution is 6.09. The molecule has 0 radical (unpaired) electrons. The molecule has 5 heteroatoms.